The van der Waals surface area contributed by atoms with Gasteiger partial charge in [0.05, 0.1) is 12.6 Å². The maximum atomic E-state index is 12.1. The zero-order valence-corrected chi connectivity index (χ0v) is 18.6. The summed E-state index contributed by atoms with van der Waals surface area (Å²) in [5.74, 6) is 0.689. The quantitative estimate of drug-likeness (QED) is 0.273. The van der Waals surface area contributed by atoms with Crippen molar-refractivity contribution in [1.29, 1.82) is 0 Å². The molecule has 1 rings (SSSR count). The lowest BCUT2D eigenvalue weighted by Crippen LogP contribution is -2.40. The minimum Gasteiger partial charge on any atom is -0.435 e. The summed E-state index contributed by atoms with van der Waals surface area (Å²) in [7, 11) is 0. The van der Waals surface area contributed by atoms with E-state index in [9.17, 15) is 13.9 Å². The Morgan fingerprint density at radius 1 is 1.27 bits per heavy atom. The Kier molecular flexibility index (Phi) is 12.2. The van der Waals surface area contributed by atoms with Crippen LogP contribution in [0, 0.1) is 0 Å². The van der Waals surface area contributed by atoms with Crippen LogP contribution in [0.25, 0.3) is 0 Å². The van der Waals surface area contributed by atoms with Gasteiger partial charge in [0.2, 0.25) is 0 Å². The molecule has 3 N–H and O–H groups in total. The summed E-state index contributed by atoms with van der Waals surface area (Å²) in [6.45, 7) is 4.93. The van der Waals surface area contributed by atoms with Crippen molar-refractivity contribution in [2.75, 3.05) is 25.9 Å². The number of thioether (sulfide) groups is 1. The molecule has 150 valence electrons. The van der Waals surface area contributed by atoms with Gasteiger partial charge in [-0.15, -0.1) is 24.0 Å². The summed E-state index contributed by atoms with van der Waals surface area (Å²) in [5.41, 5.74) is 0.606. The van der Waals surface area contributed by atoms with E-state index >= 15 is 0 Å². The third-order valence-electron chi connectivity index (χ3n) is 3.47. The van der Waals surface area contributed by atoms with Crippen molar-refractivity contribution in [3.8, 4) is 5.75 Å². The van der Waals surface area contributed by atoms with Gasteiger partial charge in [-0.2, -0.15) is 20.5 Å². The van der Waals surface area contributed by atoms with Crippen molar-refractivity contribution in [2.24, 2.45) is 4.99 Å². The number of nitrogens with zero attached hydrogens (tertiary/aromatic N) is 1. The van der Waals surface area contributed by atoms with Crippen LogP contribution in [-0.2, 0) is 0 Å². The molecule has 0 saturated heterocycles. The normalized spacial score (nSPS) is 13.2. The average molecular weight is 503 g/mol. The highest BCUT2D eigenvalue weighted by Crippen LogP contribution is 2.21. The fourth-order valence-electron chi connectivity index (χ4n) is 1.86. The number of aliphatic hydroxyl groups excluding tert-OH is 1. The Balaban J connectivity index is 0.00000625. The van der Waals surface area contributed by atoms with Gasteiger partial charge in [-0.3, -0.25) is 4.99 Å². The summed E-state index contributed by atoms with van der Waals surface area (Å²) in [6.07, 6.45) is 1.25. The van der Waals surface area contributed by atoms with Crippen LogP contribution >= 0.6 is 35.7 Å². The first-order valence-electron chi connectivity index (χ1n) is 8.07. The van der Waals surface area contributed by atoms with E-state index in [1.807, 2.05) is 13.2 Å². The summed E-state index contributed by atoms with van der Waals surface area (Å²) in [4.78, 5) is 4.53. The molecule has 26 heavy (non-hydrogen) atoms. The molecule has 0 bridgehead atoms. The van der Waals surface area contributed by atoms with Crippen LogP contribution in [0.3, 0.4) is 0 Å². The number of hydrogen-bond acceptors (Lipinski definition) is 4. The second-order valence-corrected chi connectivity index (χ2v) is 7.52. The molecule has 0 amide bonds. The largest absolute Gasteiger partial charge is 0.435 e. The molecular formula is C17H28F2IN3O2S. The lowest BCUT2D eigenvalue weighted by molar-refractivity contribution is -0.0498. The molecule has 0 aliphatic rings. The van der Waals surface area contributed by atoms with Crippen molar-refractivity contribution in [3.05, 3.63) is 29.8 Å². The van der Waals surface area contributed by atoms with Gasteiger partial charge in [0, 0.05) is 17.8 Å². The first kappa shape index (κ1) is 25.2. The predicted molar refractivity (Wildman–Crippen MR) is 115 cm³/mol. The first-order chi connectivity index (χ1) is 11.8. The van der Waals surface area contributed by atoms with Crippen LogP contribution in [-0.4, -0.2) is 48.3 Å². The van der Waals surface area contributed by atoms with Crippen molar-refractivity contribution in [2.45, 2.75) is 38.2 Å². The molecule has 1 unspecified atom stereocenters. The summed E-state index contributed by atoms with van der Waals surface area (Å²) in [5, 5.41) is 16.5. The number of guanidine groups is 1. The van der Waals surface area contributed by atoms with Gasteiger partial charge < -0.3 is 20.5 Å². The van der Waals surface area contributed by atoms with Gasteiger partial charge in [-0.1, -0.05) is 12.1 Å². The van der Waals surface area contributed by atoms with Crippen LogP contribution in [0.15, 0.2) is 29.3 Å². The fourth-order valence-corrected chi connectivity index (χ4v) is 2.05. The molecule has 0 heterocycles. The smallest absolute Gasteiger partial charge is 0.387 e. The lowest BCUT2D eigenvalue weighted by atomic mass is 10.1. The molecule has 0 radical (unpaired) electrons. The molecule has 0 saturated carbocycles. The average Bonchev–Trinajstić information content (AvgIpc) is 2.57. The maximum absolute atomic E-state index is 12.1. The number of rotatable bonds is 9. The molecule has 9 heteroatoms. The molecule has 0 aliphatic heterocycles. The second kappa shape index (κ2) is 12.6. The first-order valence-corrected chi connectivity index (χ1v) is 9.30. The summed E-state index contributed by atoms with van der Waals surface area (Å²) < 4.78 is 28.6. The van der Waals surface area contributed by atoms with Crippen LogP contribution in [0.1, 0.15) is 32.4 Å². The molecule has 1 aromatic rings. The number of alkyl halides is 2. The van der Waals surface area contributed by atoms with E-state index in [4.69, 9.17) is 0 Å². The van der Waals surface area contributed by atoms with E-state index in [1.165, 1.54) is 12.1 Å². The Hall–Kier alpha value is -0.810. The summed E-state index contributed by atoms with van der Waals surface area (Å²) >= 11 is 1.74. The van der Waals surface area contributed by atoms with Crippen molar-refractivity contribution in [1.82, 2.24) is 10.6 Å². The number of nitrogens with one attached hydrogen (secondary N) is 2. The highest BCUT2D eigenvalue weighted by molar-refractivity contribution is 14.0. The van der Waals surface area contributed by atoms with Gasteiger partial charge in [0.15, 0.2) is 5.96 Å². The van der Waals surface area contributed by atoms with Gasteiger partial charge in [-0.25, -0.2) is 0 Å². The molecule has 5 nitrogen and oxygen atoms in total. The third-order valence-corrected chi connectivity index (χ3v) is 4.70. The molecule has 1 aromatic carbocycles. The molecule has 0 spiro atoms. The number of aliphatic hydroxyl groups is 1. The molecule has 0 fully saturated rings. The number of aliphatic imine (C=N–C) groups is 1. The highest BCUT2D eigenvalue weighted by Gasteiger charge is 2.16. The zero-order valence-electron chi connectivity index (χ0n) is 15.5. The van der Waals surface area contributed by atoms with E-state index in [-0.39, 0.29) is 41.0 Å². The lowest BCUT2D eigenvalue weighted by Gasteiger charge is -2.21. The number of halogens is 3. The topological polar surface area (TPSA) is 65.9 Å². The Labute approximate surface area is 175 Å². The van der Waals surface area contributed by atoms with Gasteiger partial charge in [0.25, 0.3) is 0 Å². The van der Waals surface area contributed by atoms with Crippen LogP contribution < -0.4 is 15.4 Å². The molecule has 0 aromatic heterocycles. The second-order valence-electron chi connectivity index (χ2n) is 6.00. The molecule has 0 aliphatic carbocycles. The van der Waals surface area contributed by atoms with Crippen LogP contribution in [0.5, 0.6) is 5.75 Å². The predicted octanol–water partition coefficient (Wildman–Crippen LogP) is 3.64. The van der Waals surface area contributed by atoms with E-state index in [0.717, 1.165) is 0 Å². The fraction of sp³-hybridized carbons (Fsp3) is 0.588. The SMILES string of the molecule is CCNC(=NCC(C)(C)SC)NCC(O)c1ccc(OC(F)F)cc1.I. The number of hydrogen-bond donors (Lipinski definition) is 3. The van der Waals surface area contributed by atoms with Crippen molar-refractivity contribution >= 4 is 41.7 Å². The van der Waals surface area contributed by atoms with Gasteiger partial charge in [-0.05, 0) is 44.7 Å². The van der Waals surface area contributed by atoms with Gasteiger partial charge in [0.1, 0.15) is 5.75 Å². The maximum Gasteiger partial charge on any atom is 0.387 e. The van der Waals surface area contributed by atoms with E-state index in [2.05, 4.69) is 34.2 Å². The Morgan fingerprint density at radius 3 is 2.38 bits per heavy atom. The monoisotopic (exact) mass is 503 g/mol. The van der Waals surface area contributed by atoms with Gasteiger partial charge >= 0.3 is 6.61 Å². The highest BCUT2D eigenvalue weighted by atomic mass is 127. The van der Waals surface area contributed by atoms with Crippen LogP contribution in [0.2, 0.25) is 0 Å². The van der Waals surface area contributed by atoms with E-state index in [0.29, 0.717) is 24.6 Å². The van der Waals surface area contributed by atoms with E-state index in [1.54, 1.807) is 23.9 Å². The standard InChI is InChI=1S/C17H27F2N3O2S.HI/c1-5-20-16(22-11-17(2,3)25-4)21-10-14(23)12-6-8-13(9-7-12)24-15(18)19;/h6-9,14-15,23H,5,10-11H2,1-4H3,(H2,20,21,22);1H. The Morgan fingerprint density at radius 2 is 1.88 bits per heavy atom. The van der Waals surface area contributed by atoms with Crippen molar-refractivity contribution in [3.63, 3.8) is 0 Å². The minimum absolute atomic E-state index is 0. The molecule has 1 atom stereocenters. The number of benzene rings is 1. The molecular weight excluding hydrogens is 475 g/mol. The third kappa shape index (κ3) is 9.77. The van der Waals surface area contributed by atoms with E-state index < -0.39 is 12.7 Å². The minimum atomic E-state index is -2.86. The Bertz CT molecular complexity index is 545. The number of ether oxygens (including phenoxy) is 1. The summed E-state index contributed by atoms with van der Waals surface area (Å²) in [6, 6.07) is 5.94. The van der Waals surface area contributed by atoms with Crippen LogP contribution in [0.4, 0.5) is 8.78 Å². The zero-order chi connectivity index (χ0) is 18.9. The van der Waals surface area contributed by atoms with Crippen molar-refractivity contribution < 1.29 is 18.6 Å².